The molecule has 3 amide bonds. The SMILES string of the molecule is CNC(=O)C(CS)N1C(=O)c2ccccc2C1=O. The first-order chi connectivity index (χ1) is 8.61. The number of hydrogen-bond donors (Lipinski definition) is 2. The molecule has 1 aromatic rings. The zero-order valence-electron chi connectivity index (χ0n) is 9.71. The molecule has 5 nitrogen and oxygen atoms in total. The van der Waals surface area contributed by atoms with E-state index in [0.717, 1.165) is 4.90 Å². The largest absolute Gasteiger partial charge is 0.357 e. The predicted molar refractivity (Wildman–Crippen MR) is 68.6 cm³/mol. The Bertz CT molecular complexity index is 495. The van der Waals surface area contributed by atoms with Crippen LogP contribution in [0.2, 0.25) is 0 Å². The lowest BCUT2D eigenvalue weighted by Gasteiger charge is -2.22. The zero-order chi connectivity index (χ0) is 13.3. The van der Waals surface area contributed by atoms with Gasteiger partial charge in [-0.15, -0.1) is 0 Å². The Morgan fingerprint density at radius 1 is 1.28 bits per heavy atom. The predicted octanol–water partition coefficient (Wildman–Crippen LogP) is 0.327. The standard InChI is InChI=1S/C12H12N2O3S/c1-13-10(15)9(6-18)14-11(16)7-4-2-3-5-8(7)12(14)17/h2-5,9,18H,6H2,1H3,(H,13,15). The molecule has 0 aromatic heterocycles. The molecule has 18 heavy (non-hydrogen) atoms. The molecule has 0 fully saturated rings. The molecule has 1 unspecified atom stereocenters. The van der Waals surface area contributed by atoms with Crippen LogP contribution >= 0.6 is 12.6 Å². The van der Waals surface area contributed by atoms with Gasteiger partial charge in [-0.2, -0.15) is 12.6 Å². The summed E-state index contributed by atoms with van der Waals surface area (Å²) in [6, 6.07) is 5.64. The van der Waals surface area contributed by atoms with Crippen molar-refractivity contribution in [2.75, 3.05) is 12.8 Å². The fourth-order valence-electron chi connectivity index (χ4n) is 1.94. The molecular formula is C12H12N2O3S. The number of carbonyl (C=O) groups is 3. The lowest BCUT2D eigenvalue weighted by atomic mass is 10.1. The topological polar surface area (TPSA) is 66.5 Å². The van der Waals surface area contributed by atoms with Gasteiger partial charge in [-0.25, -0.2) is 0 Å². The van der Waals surface area contributed by atoms with Gasteiger partial charge in [0.15, 0.2) is 0 Å². The molecule has 0 aliphatic carbocycles. The van der Waals surface area contributed by atoms with Crippen molar-refractivity contribution in [3.05, 3.63) is 35.4 Å². The Morgan fingerprint density at radius 2 is 1.78 bits per heavy atom. The number of carbonyl (C=O) groups excluding carboxylic acids is 3. The van der Waals surface area contributed by atoms with Crippen LogP contribution in [0.25, 0.3) is 0 Å². The van der Waals surface area contributed by atoms with Crippen LogP contribution in [-0.4, -0.2) is 41.5 Å². The normalized spacial score (nSPS) is 15.6. The van der Waals surface area contributed by atoms with E-state index in [1.165, 1.54) is 7.05 Å². The van der Waals surface area contributed by atoms with Gasteiger partial charge in [0, 0.05) is 12.8 Å². The molecule has 0 radical (unpaired) electrons. The maximum atomic E-state index is 12.1. The highest BCUT2D eigenvalue weighted by Crippen LogP contribution is 2.24. The van der Waals surface area contributed by atoms with Crippen LogP contribution in [0.3, 0.4) is 0 Å². The van der Waals surface area contributed by atoms with Gasteiger partial charge in [0.2, 0.25) is 5.91 Å². The first-order valence-corrected chi connectivity index (χ1v) is 6.04. The lowest BCUT2D eigenvalue weighted by molar-refractivity contribution is -0.123. The second kappa shape index (κ2) is 4.81. The van der Waals surface area contributed by atoms with E-state index in [4.69, 9.17) is 0 Å². The van der Waals surface area contributed by atoms with Crippen LogP contribution < -0.4 is 5.32 Å². The quantitative estimate of drug-likeness (QED) is 0.610. The summed E-state index contributed by atoms with van der Waals surface area (Å²) < 4.78 is 0. The molecule has 2 rings (SSSR count). The van der Waals surface area contributed by atoms with E-state index in [-0.39, 0.29) is 5.75 Å². The van der Waals surface area contributed by atoms with Crippen molar-refractivity contribution in [3.63, 3.8) is 0 Å². The zero-order valence-corrected chi connectivity index (χ0v) is 10.6. The summed E-state index contributed by atoms with van der Waals surface area (Å²) in [5.41, 5.74) is 0.663. The molecule has 0 saturated heterocycles. The number of hydrogen-bond acceptors (Lipinski definition) is 4. The van der Waals surface area contributed by atoms with Crippen LogP contribution in [0.1, 0.15) is 20.7 Å². The molecule has 94 valence electrons. The summed E-state index contributed by atoms with van der Waals surface area (Å²) in [6.07, 6.45) is 0. The highest BCUT2D eigenvalue weighted by atomic mass is 32.1. The Labute approximate surface area is 110 Å². The number of likely N-dealkylation sites (N-methyl/N-ethyl adjacent to an activating group) is 1. The number of rotatable bonds is 3. The Kier molecular flexibility index (Phi) is 3.38. The second-order valence-electron chi connectivity index (χ2n) is 3.84. The first kappa shape index (κ1) is 12.6. The minimum atomic E-state index is -0.884. The smallest absolute Gasteiger partial charge is 0.262 e. The van der Waals surface area contributed by atoms with Gasteiger partial charge in [-0.3, -0.25) is 19.3 Å². The van der Waals surface area contributed by atoms with Crippen molar-refractivity contribution in [3.8, 4) is 0 Å². The van der Waals surface area contributed by atoms with Crippen molar-refractivity contribution in [2.45, 2.75) is 6.04 Å². The van der Waals surface area contributed by atoms with Gasteiger partial charge in [-0.05, 0) is 12.1 Å². The fraction of sp³-hybridized carbons (Fsp3) is 0.250. The Hall–Kier alpha value is -1.82. The average Bonchev–Trinajstić information content (AvgIpc) is 2.65. The molecule has 6 heteroatoms. The van der Waals surface area contributed by atoms with Gasteiger partial charge >= 0.3 is 0 Å². The Morgan fingerprint density at radius 3 is 2.17 bits per heavy atom. The molecule has 1 atom stereocenters. The number of thiol groups is 1. The molecule has 1 aliphatic heterocycles. The van der Waals surface area contributed by atoms with Crippen molar-refractivity contribution >= 4 is 30.4 Å². The van der Waals surface area contributed by atoms with Crippen molar-refractivity contribution in [1.82, 2.24) is 10.2 Å². The summed E-state index contributed by atoms with van der Waals surface area (Å²) in [5, 5.41) is 2.43. The van der Waals surface area contributed by atoms with Crippen molar-refractivity contribution < 1.29 is 14.4 Å². The average molecular weight is 264 g/mol. The Balaban J connectivity index is 2.41. The van der Waals surface area contributed by atoms with Crippen molar-refractivity contribution in [2.24, 2.45) is 0 Å². The molecule has 0 spiro atoms. The van der Waals surface area contributed by atoms with Crippen LogP contribution in [0.4, 0.5) is 0 Å². The van der Waals surface area contributed by atoms with E-state index < -0.39 is 23.8 Å². The summed E-state index contributed by atoms with van der Waals surface area (Å²) in [6.45, 7) is 0. The number of amides is 3. The van der Waals surface area contributed by atoms with E-state index in [2.05, 4.69) is 17.9 Å². The molecule has 1 N–H and O–H groups in total. The van der Waals surface area contributed by atoms with Crippen LogP contribution in [0, 0.1) is 0 Å². The van der Waals surface area contributed by atoms with Crippen molar-refractivity contribution in [1.29, 1.82) is 0 Å². The van der Waals surface area contributed by atoms with E-state index in [9.17, 15) is 14.4 Å². The number of fused-ring (bicyclic) bond motifs is 1. The summed E-state index contributed by atoms with van der Waals surface area (Å²) in [5.74, 6) is -1.21. The third-order valence-electron chi connectivity index (χ3n) is 2.86. The summed E-state index contributed by atoms with van der Waals surface area (Å²) in [7, 11) is 1.46. The monoisotopic (exact) mass is 264 g/mol. The maximum absolute atomic E-state index is 12.1. The number of benzene rings is 1. The van der Waals surface area contributed by atoms with E-state index in [0.29, 0.717) is 11.1 Å². The van der Waals surface area contributed by atoms with Gasteiger partial charge in [0.25, 0.3) is 11.8 Å². The second-order valence-corrected chi connectivity index (χ2v) is 4.20. The summed E-state index contributed by atoms with van der Waals surface area (Å²) >= 11 is 4.04. The van der Waals surface area contributed by atoms with Gasteiger partial charge in [0.1, 0.15) is 6.04 Å². The van der Waals surface area contributed by atoms with Gasteiger partial charge < -0.3 is 5.32 Å². The van der Waals surface area contributed by atoms with Crippen LogP contribution in [-0.2, 0) is 4.79 Å². The maximum Gasteiger partial charge on any atom is 0.262 e. The highest BCUT2D eigenvalue weighted by Gasteiger charge is 2.41. The number of nitrogens with zero attached hydrogens (tertiary/aromatic N) is 1. The minimum absolute atomic E-state index is 0.0884. The first-order valence-electron chi connectivity index (χ1n) is 5.41. The molecule has 0 bridgehead atoms. The van der Waals surface area contributed by atoms with Crippen LogP contribution in [0.15, 0.2) is 24.3 Å². The third-order valence-corrected chi connectivity index (χ3v) is 3.21. The van der Waals surface area contributed by atoms with Gasteiger partial charge in [0.05, 0.1) is 11.1 Å². The minimum Gasteiger partial charge on any atom is -0.357 e. The third kappa shape index (κ3) is 1.78. The molecule has 1 aromatic carbocycles. The highest BCUT2D eigenvalue weighted by molar-refractivity contribution is 7.80. The summed E-state index contributed by atoms with van der Waals surface area (Å²) in [4.78, 5) is 36.9. The molecule has 0 saturated carbocycles. The van der Waals surface area contributed by atoms with Gasteiger partial charge in [-0.1, -0.05) is 12.1 Å². The van der Waals surface area contributed by atoms with E-state index in [1.54, 1.807) is 24.3 Å². The molecular weight excluding hydrogens is 252 g/mol. The van der Waals surface area contributed by atoms with E-state index >= 15 is 0 Å². The molecule has 1 aliphatic rings. The fourth-order valence-corrected chi connectivity index (χ4v) is 2.27. The number of nitrogens with one attached hydrogen (secondary N) is 1. The van der Waals surface area contributed by atoms with Crippen LogP contribution in [0.5, 0.6) is 0 Å². The lowest BCUT2D eigenvalue weighted by Crippen LogP contribution is -2.49. The number of imide groups is 1. The molecule has 1 heterocycles. The van der Waals surface area contributed by atoms with E-state index in [1.807, 2.05) is 0 Å².